The highest BCUT2D eigenvalue weighted by atomic mass is 19.1. The van der Waals surface area contributed by atoms with Gasteiger partial charge in [0.1, 0.15) is 0 Å². The first-order chi connectivity index (χ1) is 13.5. The van der Waals surface area contributed by atoms with Gasteiger partial charge in [0.15, 0.2) is 0 Å². The van der Waals surface area contributed by atoms with E-state index in [-0.39, 0.29) is 11.9 Å². The van der Waals surface area contributed by atoms with Gasteiger partial charge < -0.3 is 5.32 Å². The molecule has 0 aliphatic heterocycles. The minimum absolute atomic E-state index is 0.0563. The zero-order valence-electron chi connectivity index (χ0n) is 15.9. The molecule has 2 aromatic carbocycles. The Balaban J connectivity index is 1.54. The molecule has 1 heterocycles. The Kier molecular flexibility index (Phi) is 4.78. The number of nitrogens with zero attached hydrogens (tertiary/aromatic N) is 1. The van der Waals surface area contributed by atoms with Crippen LogP contribution in [0.25, 0.3) is 16.7 Å². The Morgan fingerprint density at radius 1 is 1.07 bits per heavy atom. The normalized spacial score (nSPS) is 14.0. The Morgan fingerprint density at radius 3 is 2.64 bits per heavy atom. The van der Waals surface area contributed by atoms with Gasteiger partial charge in [-0.3, -0.25) is 4.79 Å². The Labute approximate surface area is 164 Å². The van der Waals surface area contributed by atoms with Gasteiger partial charge in [-0.05, 0) is 59.9 Å². The van der Waals surface area contributed by atoms with Gasteiger partial charge >= 0.3 is 0 Å². The molecule has 0 spiro atoms. The molecule has 0 radical (unpaired) electrons. The molecule has 28 heavy (non-hydrogen) atoms. The van der Waals surface area contributed by atoms with Crippen LogP contribution in [0.2, 0.25) is 0 Å². The number of allylic oxidation sites excluding steroid dienone is 1. The van der Waals surface area contributed by atoms with Crippen molar-refractivity contribution >= 4 is 11.5 Å². The maximum Gasteiger partial charge on any atom is 0.248 e. The van der Waals surface area contributed by atoms with Gasteiger partial charge in [-0.1, -0.05) is 42.5 Å². The molecule has 1 aromatic heterocycles. The van der Waals surface area contributed by atoms with Crippen molar-refractivity contribution in [3.8, 4) is 11.1 Å². The quantitative estimate of drug-likeness (QED) is 0.648. The third-order valence-electron chi connectivity index (χ3n) is 5.32. The van der Waals surface area contributed by atoms with Crippen LogP contribution in [0.1, 0.15) is 36.6 Å². The fourth-order valence-corrected chi connectivity index (χ4v) is 3.72. The summed E-state index contributed by atoms with van der Waals surface area (Å²) in [5.74, 6) is -0.556. The summed E-state index contributed by atoms with van der Waals surface area (Å²) in [4.78, 5) is 16.6. The smallest absolute Gasteiger partial charge is 0.248 e. The molecule has 0 saturated carbocycles. The zero-order valence-corrected chi connectivity index (χ0v) is 15.9. The summed E-state index contributed by atoms with van der Waals surface area (Å²) >= 11 is 0. The lowest BCUT2D eigenvalue weighted by Gasteiger charge is -2.16. The molecule has 140 valence electrons. The highest BCUT2D eigenvalue weighted by molar-refractivity contribution is 6.03. The molecule has 1 aliphatic carbocycles. The fourth-order valence-electron chi connectivity index (χ4n) is 3.72. The number of amides is 1. The van der Waals surface area contributed by atoms with E-state index in [4.69, 9.17) is 0 Å². The second kappa shape index (κ2) is 7.39. The van der Waals surface area contributed by atoms with E-state index in [9.17, 15) is 9.18 Å². The van der Waals surface area contributed by atoms with Crippen LogP contribution in [-0.2, 0) is 11.2 Å². The molecule has 4 rings (SSSR count). The standard InChI is InChI=1S/C24H21FN2O/c1-15-20-10-4-3-7-19(20)14-22(15)24(28)27-16(2)17-8-5-9-18(13-17)21-11-6-12-26-23(21)25/h3-13,16H,14H2,1-2H3,(H,27,28)/t16-/m0/s1. The lowest BCUT2D eigenvalue weighted by molar-refractivity contribution is -0.118. The Bertz CT molecular complexity index is 1090. The first-order valence-electron chi connectivity index (χ1n) is 9.34. The first kappa shape index (κ1) is 18.1. The van der Waals surface area contributed by atoms with Crippen LogP contribution in [0.15, 0.2) is 72.4 Å². The molecule has 3 nitrogen and oxygen atoms in total. The van der Waals surface area contributed by atoms with Crippen molar-refractivity contribution in [1.82, 2.24) is 10.3 Å². The monoisotopic (exact) mass is 372 g/mol. The van der Waals surface area contributed by atoms with Crippen LogP contribution in [0.3, 0.4) is 0 Å². The largest absolute Gasteiger partial charge is 0.346 e. The van der Waals surface area contributed by atoms with Crippen molar-refractivity contribution < 1.29 is 9.18 Å². The number of carbonyl (C=O) groups excluding carboxylic acids is 1. The second-order valence-corrected chi connectivity index (χ2v) is 7.10. The van der Waals surface area contributed by atoms with E-state index in [1.54, 1.807) is 12.1 Å². The SMILES string of the molecule is CC1=C(C(=O)N[C@@H](C)c2cccc(-c3cccnc3F)c2)Cc2ccccc21. The maximum absolute atomic E-state index is 14.0. The molecule has 1 amide bonds. The van der Waals surface area contributed by atoms with Crippen molar-refractivity contribution in [2.75, 3.05) is 0 Å². The summed E-state index contributed by atoms with van der Waals surface area (Å²) in [6, 6.07) is 18.9. The topological polar surface area (TPSA) is 42.0 Å². The number of fused-ring (bicyclic) bond motifs is 1. The number of hydrogen-bond acceptors (Lipinski definition) is 2. The Morgan fingerprint density at radius 2 is 1.86 bits per heavy atom. The van der Waals surface area contributed by atoms with Crippen LogP contribution in [0, 0.1) is 5.95 Å². The van der Waals surface area contributed by atoms with Gasteiger partial charge in [-0.15, -0.1) is 0 Å². The fraction of sp³-hybridized carbons (Fsp3) is 0.167. The molecule has 1 aliphatic rings. The number of hydrogen-bond donors (Lipinski definition) is 1. The van der Waals surface area contributed by atoms with Crippen molar-refractivity contribution in [2.45, 2.75) is 26.3 Å². The highest BCUT2D eigenvalue weighted by Gasteiger charge is 2.24. The number of carbonyl (C=O) groups is 1. The molecular weight excluding hydrogens is 351 g/mol. The molecule has 1 N–H and O–H groups in total. The van der Waals surface area contributed by atoms with Crippen LogP contribution in [0.5, 0.6) is 0 Å². The third-order valence-corrected chi connectivity index (χ3v) is 5.32. The van der Waals surface area contributed by atoms with E-state index < -0.39 is 5.95 Å². The van der Waals surface area contributed by atoms with Crippen molar-refractivity contribution in [1.29, 1.82) is 0 Å². The molecule has 0 bridgehead atoms. The average molecular weight is 372 g/mol. The molecule has 0 fully saturated rings. The minimum atomic E-state index is -0.499. The van der Waals surface area contributed by atoms with E-state index in [0.717, 1.165) is 27.8 Å². The zero-order chi connectivity index (χ0) is 19.7. The van der Waals surface area contributed by atoms with Gasteiger partial charge in [0.2, 0.25) is 11.9 Å². The summed E-state index contributed by atoms with van der Waals surface area (Å²) < 4.78 is 14.0. The van der Waals surface area contributed by atoms with Gasteiger partial charge in [0.05, 0.1) is 6.04 Å². The molecule has 0 saturated heterocycles. The van der Waals surface area contributed by atoms with E-state index in [2.05, 4.69) is 22.4 Å². The molecule has 1 atom stereocenters. The summed E-state index contributed by atoms with van der Waals surface area (Å²) in [5, 5.41) is 3.09. The van der Waals surface area contributed by atoms with Crippen molar-refractivity contribution in [3.05, 3.63) is 95.1 Å². The van der Waals surface area contributed by atoms with Crippen LogP contribution in [-0.4, -0.2) is 10.9 Å². The number of nitrogens with one attached hydrogen (secondary N) is 1. The van der Waals surface area contributed by atoms with Gasteiger partial charge in [0.25, 0.3) is 0 Å². The lowest BCUT2D eigenvalue weighted by Crippen LogP contribution is -2.28. The van der Waals surface area contributed by atoms with Gasteiger partial charge in [-0.2, -0.15) is 4.39 Å². The number of rotatable bonds is 4. The highest BCUT2D eigenvalue weighted by Crippen LogP contribution is 2.33. The van der Waals surface area contributed by atoms with E-state index in [1.165, 1.54) is 11.8 Å². The average Bonchev–Trinajstić information content (AvgIpc) is 3.05. The minimum Gasteiger partial charge on any atom is -0.346 e. The first-order valence-corrected chi connectivity index (χ1v) is 9.34. The summed E-state index contributed by atoms with van der Waals surface area (Å²) in [6.07, 6.45) is 2.09. The van der Waals surface area contributed by atoms with Crippen molar-refractivity contribution in [2.24, 2.45) is 0 Å². The third kappa shape index (κ3) is 3.33. The van der Waals surface area contributed by atoms with E-state index >= 15 is 0 Å². The number of aromatic nitrogens is 1. The molecule has 4 heteroatoms. The van der Waals surface area contributed by atoms with E-state index in [0.29, 0.717) is 12.0 Å². The van der Waals surface area contributed by atoms with Crippen molar-refractivity contribution in [3.63, 3.8) is 0 Å². The predicted octanol–water partition coefficient (Wildman–Crippen LogP) is 5.09. The van der Waals surface area contributed by atoms with Crippen LogP contribution in [0.4, 0.5) is 4.39 Å². The number of pyridine rings is 1. The summed E-state index contributed by atoms with van der Waals surface area (Å²) in [5.41, 5.74) is 6.29. The summed E-state index contributed by atoms with van der Waals surface area (Å²) in [6.45, 7) is 3.94. The second-order valence-electron chi connectivity index (χ2n) is 7.10. The Hall–Kier alpha value is -3.27. The van der Waals surface area contributed by atoms with E-state index in [1.807, 2.05) is 50.2 Å². The van der Waals surface area contributed by atoms with Gasteiger partial charge in [0, 0.05) is 23.8 Å². The van der Waals surface area contributed by atoms with Gasteiger partial charge in [-0.25, -0.2) is 4.98 Å². The number of benzene rings is 2. The van der Waals surface area contributed by atoms with Crippen LogP contribution < -0.4 is 5.32 Å². The predicted molar refractivity (Wildman–Crippen MR) is 109 cm³/mol. The summed E-state index contributed by atoms with van der Waals surface area (Å²) in [7, 11) is 0. The molecular formula is C24H21FN2O. The lowest BCUT2D eigenvalue weighted by atomic mass is 10.0. The number of halogens is 1. The molecule has 0 unspecified atom stereocenters. The van der Waals surface area contributed by atoms with Crippen LogP contribution >= 0.6 is 0 Å². The molecule has 3 aromatic rings. The maximum atomic E-state index is 14.0.